The number of rotatable bonds is 0. The molecule has 1 aromatic rings. The van der Waals surface area contributed by atoms with E-state index in [2.05, 4.69) is 0 Å². The molecule has 2 nitrogen and oxygen atoms in total. The van der Waals surface area contributed by atoms with Gasteiger partial charge in [-0.05, 0) is 12.1 Å². The zero-order valence-corrected chi connectivity index (χ0v) is 7.19. The summed E-state index contributed by atoms with van der Waals surface area (Å²) in [6, 6.07) is 2.23. The second kappa shape index (κ2) is 2.80. The highest BCUT2D eigenvalue weighted by Gasteiger charge is 2.36. The van der Waals surface area contributed by atoms with Gasteiger partial charge in [0, 0.05) is 12.0 Å². The summed E-state index contributed by atoms with van der Waals surface area (Å²) in [4.78, 5) is 0. The summed E-state index contributed by atoms with van der Waals surface area (Å²) in [5, 5.41) is 0. The summed E-state index contributed by atoms with van der Waals surface area (Å²) >= 11 is 0. The molecule has 14 heavy (non-hydrogen) atoms. The van der Waals surface area contributed by atoms with Crippen molar-refractivity contribution in [1.29, 1.82) is 0 Å². The van der Waals surface area contributed by atoms with E-state index in [0.717, 1.165) is 6.07 Å². The van der Waals surface area contributed by atoms with Crippen molar-refractivity contribution in [3.8, 4) is 5.75 Å². The Bertz CT molecular complexity index is 373. The Morgan fingerprint density at radius 3 is 2.64 bits per heavy atom. The molecule has 5 heteroatoms. The average molecular weight is 203 g/mol. The number of benzene rings is 1. The third-order valence-corrected chi connectivity index (χ3v) is 2.19. The number of fused-ring (bicyclic) bond motifs is 1. The second-order valence-electron chi connectivity index (χ2n) is 3.11. The molecule has 0 amide bonds. The van der Waals surface area contributed by atoms with Crippen molar-refractivity contribution in [3.05, 3.63) is 23.3 Å². The van der Waals surface area contributed by atoms with Gasteiger partial charge in [-0.1, -0.05) is 0 Å². The number of nitrogens with two attached hydrogens (primary N) is 1. The summed E-state index contributed by atoms with van der Waals surface area (Å²) in [6.45, 7) is 0.270. The SMILES string of the molecule is Nc1ccc(C(F)(F)F)c2c1OCC2. The van der Waals surface area contributed by atoms with Crippen LogP contribution in [-0.4, -0.2) is 6.61 Å². The Morgan fingerprint density at radius 2 is 2.00 bits per heavy atom. The monoisotopic (exact) mass is 203 g/mol. The number of ether oxygens (including phenoxy) is 1. The minimum Gasteiger partial charge on any atom is -0.491 e. The van der Waals surface area contributed by atoms with Crippen molar-refractivity contribution in [3.63, 3.8) is 0 Å². The van der Waals surface area contributed by atoms with Gasteiger partial charge in [0.05, 0.1) is 17.9 Å². The number of hydrogen-bond acceptors (Lipinski definition) is 2. The van der Waals surface area contributed by atoms with Gasteiger partial charge in [0.25, 0.3) is 0 Å². The van der Waals surface area contributed by atoms with Crippen LogP contribution in [0.3, 0.4) is 0 Å². The molecule has 0 fully saturated rings. The Labute approximate surface area is 78.5 Å². The number of anilines is 1. The van der Waals surface area contributed by atoms with Crippen LogP contribution >= 0.6 is 0 Å². The Kier molecular flexibility index (Phi) is 1.83. The lowest BCUT2D eigenvalue weighted by Gasteiger charge is -2.11. The van der Waals surface area contributed by atoms with Crippen LogP contribution in [0.15, 0.2) is 12.1 Å². The van der Waals surface area contributed by atoms with Crippen molar-refractivity contribution in [1.82, 2.24) is 0 Å². The molecule has 0 saturated carbocycles. The van der Waals surface area contributed by atoms with Gasteiger partial charge in [0.15, 0.2) is 0 Å². The smallest absolute Gasteiger partial charge is 0.416 e. The molecule has 0 aliphatic carbocycles. The molecule has 0 spiro atoms. The van der Waals surface area contributed by atoms with Crippen LogP contribution in [0.2, 0.25) is 0 Å². The molecule has 1 heterocycles. The van der Waals surface area contributed by atoms with Crippen LogP contribution < -0.4 is 10.5 Å². The highest BCUT2D eigenvalue weighted by Crippen LogP contribution is 2.41. The Hall–Kier alpha value is -1.39. The highest BCUT2D eigenvalue weighted by atomic mass is 19.4. The van der Waals surface area contributed by atoms with E-state index in [1.54, 1.807) is 0 Å². The second-order valence-corrected chi connectivity index (χ2v) is 3.11. The molecule has 76 valence electrons. The minimum atomic E-state index is -4.33. The summed E-state index contributed by atoms with van der Waals surface area (Å²) in [5.41, 5.74) is 5.30. The third-order valence-electron chi connectivity index (χ3n) is 2.19. The van der Waals surface area contributed by atoms with Crippen molar-refractivity contribution in [2.75, 3.05) is 12.3 Å². The van der Waals surface area contributed by atoms with Gasteiger partial charge in [-0.15, -0.1) is 0 Å². The van der Waals surface area contributed by atoms with Crippen molar-refractivity contribution in [2.45, 2.75) is 12.6 Å². The molecule has 1 aliphatic heterocycles. The van der Waals surface area contributed by atoms with E-state index in [9.17, 15) is 13.2 Å². The maximum atomic E-state index is 12.5. The van der Waals surface area contributed by atoms with Crippen LogP contribution in [0.4, 0.5) is 18.9 Å². The van der Waals surface area contributed by atoms with Crippen LogP contribution in [0, 0.1) is 0 Å². The normalized spacial score (nSPS) is 15.1. The largest absolute Gasteiger partial charge is 0.491 e. The highest BCUT2D eigenvalue weighted by molar-refractivity contribution is 5.61. The molecule has 1 aromatic carbocycles. The lowest BCUT2D eigenvalue weighted by atomic mass is 10.0. The first-order valence-electron chi connectivity index (χ1n) is 4.11. The Morgan fingerprint density at radius 1 is 1.29 bits per heavy atom. The van der Waals surface area contributed by atoms with Gasteiger partial charge in [-0.25, -0.2) is 0 Å². The molecule has 0 aromatic heterocycles. The average Bonchev–Trinajstić information content (AvgIpc) is 2.50. The lowest BCUT2D eigenvalue weighted by molar-refractivity contribution is -0.138. The van der Waals surface area contributed by atoms with Gasteiger partial charge < -0.3 is 10.5 Å². The van der Waals surface area contributed by atoms with Crippen molar-refractivity contribution >= 4 is 5.69 Å². The topological polar surface area (TPSA) is 35.2 Å². The molecule has 2 N–H and O–H groups in total. The third kappa shape index (κ3) is 1.29. The molecule has 0 atom stereocenters. The number of halogens is 3. The summed E-state index contributed by atoms with van der Waals surface area (Å²) in [7, 11) is 0. The van der Waals surface area contributed by atoms with Gasteiger partial charge in [-0.2, -0.15) is 13.2 Å². The van der Waals surface area contributed by atoms with E-state index in [1.165, 1.54) is 6.07 Å². The predicted molar refractivity (Wildman–Crippen MR) is 45.1 cm³/mol. The quantitative estimate of drug-likeness (QED) is 0.656. The first kappa shape index (κ1) is 9.18. The van der Waals surface area contributed by atoms with Gasteiger partial charge in [0.2, 0.25) is 0 Å². The van der Waals surface area contributed by atoms with E-state index in [-0.39, 0.29) is 30.0 Å². The van der Waals surface area contributed by atoms with Crippen molar-refractivity contribution in [2.24, 2.45) is 0 Å². The zero-order chi connectivity index (χ0) is 10.3. The van der Waals surface area contributed by atoms with E-state index >= 15 is 0 Å². The lowest BCUT2D eigenvalue weighted by Crippen LogP contribution is -2.08. The van der Waals surface area contributed by atoms with E-state index in [0.29, 0.717) is 0 Å². The maximum Gasteiger partial charge on any atom is 0.416 e. The predicted octanol–water partition coefficient (Wildman–Crippen LogP) is 2.22. The number of hydrogen-bond donors (Lipinski definition) is 1. The van der Waals surface area contributed by atoms with Crippen LogP contribution in [0.25, 0.3) is 0 Å². The first-order valence-corrected chi connectivity index (χ1v) is 4.11. The van der Waals surface area contributed by atoms with E-state index in [1.807, 2.05) is 0 Å². The van der Waals surface area contributed by atoms with Crippen LogP contribution in [0.5, 0.6) is 5.75 Å². The fourth-order valence-electron chi connectivity index (χ4n) is 1.59. The Balaban J connectivity index is 2.60. The fourth-order valence-corrected chi connectivity index (χ4v) is 1.59. The molecule has 0 bridgehead atoms. The van der Waals surface area contributed by atoms with Gasteiger partial charge >= 0.3 is 6.18 Å². The number of nitrogen functional groups attached to an aromatic ring is 1. The zero-order valence-electron chi connectivity index (χ0n) is 7.19. The van der Waals surface area contributed by atoms with E-state index in [4.69, 9.17) is 10.5 Å². The molecule has 0 saturated heterocycles. The molecule has 1 aliphatic rings. The summed E-state index contributed by atoms with van der Waals surface area (Å²) < 4.78 is 42.5. The fraction of sp³-hybridized carbons (Fsp3) is 0.333. The van der Waals surface area contributed by atoms with Crippen LogP contribution in [0.1, 0.15) is 11.1 Å². The van der Waals surface area contributed by atoms with Gasteiger partial charge in [0.1, 0.15) is 5.75 Å². The van der Waals surface area contributed by atoms with Crippen LogP contribution in [-0.2, 0) is 12.6 Å². The van der Waals surface area contributed by atoms with Gasteiger partial charge in [-0.3, -0.25) is 0 Å². The molecular weight excluding hydrogens is 195 g/mol. The first-order chi connectivity index (χ1) is 6.50. The molecule has 0 unspecified atom stereocenters. The standard InChI is InChI=1S/C9H8F3NO/c10-9(11,12)6-1-2-7(13)8-5(6)3-4-14-8/h1-2H,3-4,13H2. The maximum absolute atomic E-state index is 12.5. The molecular formula is C9H8F3NO. The minimum absolute atomic E-state index is 0.178. The summed E-state index contributed by atoms with van der Waals surface area (Å²) in [5.74, 6) is 0.194. The summed E-state index contributed by atoms with van der Waals surface area (Å²) in [6.07, 6.45) is -4.05. The van der Waals surface area contributed by atoms with E-state index < -0.39 is 11.7 Å². The number of alkyl halides is 3. The molecule has 0 radical (unpaired) electrons. The van der Waals surface area contributed by atoms with Crippen molar-refractivity contribution < 1.29 is 17.9 Å². The molecule has 2 rings (SSSR count).